The van der Waals surface area contributed by atoms with Crippen LogP contribution in [0.25, 0.3) is 0 Å². The molecule has 0 aromatic heterocycles. The molecule has 1 aromatic rings. The van der Waals surface area contributed by atoms with Gasteiger partial charge in [-0.25, -0.2) is 4.39 Å². The highest BCUT2D eigenvalue weighted by atomic mass is 35.7. The van der Waals surface area contributed by atoms with E-state index >= 15 is 0 Å². The Morgan fingerprint density at radius 2 is 2.20 bits per heavy atom. The third-order valence-electron chi connectivity index (χ3n) is 1.23. The Morgan fingerprint density at radius 1 is 1.50 bits per heavy atom. The largest absolute Gasteiger partial charge is 0.207 e. The van der Waals surface area contributed by atoms with Crippen molar-refractivity contribution in [3.63, 3.8) is 0 Å². The van der Waals surface area contributed by atoms with E-state index < -0.39 is 0 Å². The first-order valence-electron chi connectivity index (χ1n) is 2.79. The maximum absolute atomic E-state index is 12.7. The minimum atomic E-state index is -0.203. The molecule has 0 N–H and O–H groups in total. The predicted octanol–water partition coefficient (Wildman–Crippen LogP) is 3.38. The minimum absolute atomic E-state index is 0.203. The first-order valence-corrected chi connectivity index (χ1v) is 4.43. The molecule has 0 unspecified atom stereocenters. The van der Waals surface area contributed by atoms with Crippen LogP contribution in [-0.2, 0) is 0 Å². The molecule has 0 bridgehead atoms. The average molecular weight is 177 g/mol. The van der Waals surface area contributed by atoms with Crippen molar-refractivity contribution in [2.75, 3.05) is 0 Å². The summed E-state index contributed by atoms with van der Waals surface area (Å²) in [6.45, 7) is 1.72. The first kappa shape index (κ1) is 7.89. The van der Waals surface area contributed by atoms with Gasteiger partial charge in [0.25, 0.3) is 0 Å². The molecule has 0 atom stereocenters. The number of halogens is 2. The zero-order valence-electron chi connectivity index (χ0n) is 5.40. The van der Waals surface area contributed by atoms with Crippen molar-refractivity contribution in [1.82, 2.24) is 0 Å². The third kappa shape index (κ3) is 1.64. The fraction of sp³-hybridized carbons (Fsp3) is 0.143. The Balaban J connectivity index is 3.04. The van der Waals surface area contributed by atoms with Crippen molar-refractivity contribution < 1.29 is 4.39 Å². The van der Waals surface area contributed by atoms with E-state index in [0.29, 0.717) is 5.56 Å². The Labute approximate surface area is 67.9 Å². The van der Waals surface area contributed by atoms with Crippen LogP contribution >= 0.6 is 21.7 Å². The average Bonchev–Trinajstić information content (AvgIpc) is 1.95. The van der Waals surface area contributed by atoms with Gasteiger partial charge >= 0.3 is 0 Å². The van der Waals surface area contributed by atoms with Crippen LogP contribution in [0.5, 0.6) is 0 Å². The monoisotopic (exact) mass is 176 g/mol. The number of rotatable bonds is 1. The summed E-state index contributed by atoms with van der Waals surface area (Å²) < 4.78 is 12.7. The molecule has 0 aliphatic carbocycles. The third-order valence-corrected chi connectivity index (χ3v) is 2.20. The summed E-state index contributed by atoms with van der Waals surface area (Å²) in [7, 11) is 6.43. The maximum Gasteiger partial charge on any atom is 0.127 e. The Hall–Kier alpha value is -0.210. The molecule has 0 heterocycles. The summed E-state index contributed by atoms with van der Waals surface area (Å²) in [5.41, 5.74) is 0.648. The van der Waals surface area contributed by atoms with Crippen LogP contribution in [0.4, 0.5) is 4.39 Å². The first-order chi connectivity index (χ1) is 4.74. The molecule has 0 nitrogen and oxygen atoms in total. The summed E-state index contributed by atoms with van der Waals surface area (Å²) >= 11 is 0. The van der Waals surface area contributed by atoms with Gasteiger partial charge in [0.05, 0.1) is 0 Å². The standard InChI is InChI=1S/C7H6ClFS/c1-5-2-3-6(10-8)4-7(5)9/h2-4H,1H3. The Kier molecular flexibility index (Phi) is 2.57. The molecular formula is C7H6ClFS. The van der Waals surface area contributed by atoms with Crippen molar-refractivity contribution in [2.24, 2.45) is 0 Å². The molecule has 0 saturated carbocycles. The van der Waals surface area contributed by atoms with E-state index in [0.717, 1.165) is 15.9 Å². The second-order valence-corrected chi connectivity index (χ2v) is 3.08. The van der Waals surface area contributed by atoms with E-state index in [1.165, 1.54) is 6.07 Å². The van der Waals surface area contributed by atoms with Crippen LogP contribution in [0.15, 0.2) is 23.1 Å². The van der Waals surface area contributed by atoms with E-state index in [9.17, 15) is 4.39 Å². The zero-order chi connectivity index (χ0) is 7.56. The maximum atomic E-state index is 12.7. The molecular weight excluding hydrogens is 171 g/mol. The van der Waals surface area contributed by atoms with Gasteiger partial charge in [-0.15, -0.1) is 0 Å². The quantitative estimate of drug-likeness (QED) is 0.632. The SMILES string of the molecule is Cc1ccc(SCl)cc1F. The van der Waals surface area contributed by atoms with Crippen LogP contribution in [0.1, 0.15) is 5.56 Å². The Morgan fingerprint density at radius 3 is 2.70 bits per heavy atom. The van der Waals surface area contributed by atoms with Gasteiger partial charge in [-0.3, -0.25) is 0 Å². The second kappa shape index (κ2) is 3.26. The van der Waals surface area contributed by atoms with Crippen LogP contribution in [0.3, 0.4) is 0 Å². The molecule has 0 aliphatic rings. The summed E-state index contributed by atoms with van der Waals surface area (Å²) in [5, 5.41) is 0. The lowest BCUT2D eigenvalue weighted by molar-refractivity contribution is 0.615. The lowest BCUT2D eigenvalue weighted by atomic mass is 10.2. The number of hydrogen-bond acceptors (Lipinski definition) is 1. The molecule has 10 heavy (non-hydrogen) atoms. The molecule has 0 aliphatic heterocycles. The highest BCUT2D eigenvalue weighted by Crippen LogP contribution is 2.23. The van der Waals surface area contributed by atoms with E-state index in [4.69, 9.17) is 10.7 Å². The summed E-state index contributed by atoms with van der Waals surface area (Å²) in [5.74, 6) is -0.203. The van der Waals surface area contributed by atoms with Gasteiger partial charge in [0, 0.05) is 4.90 Å². The summed E-state index contributed by atoms with van der Waals surface area (Å²) in [4.78, 5) is 0.741. The fourth-order valence-electron chi connectivity index (χ4n) is 0.622. The number of hydrogen-bond donors (Lipinski definition) is 0. The van der Waals surface area contributed by atoms with Crippen molar-refractivity contribution >= 4 is 21.7 Å². The molecule has 0 saturated heterocycles. The highest BCUT2D eigenvalue weighted by molar-refractivity contribution is 8.21. The highest BCUT2D eigenvalue weighted by Gasteiger charge is 1.97. The minimum Gasteiger partial charge on any atom is -0.207 e. The molecule has 3 heteroatoms. The fourth-order valence-corrected chi connectivity index (χ4v) is 1.18. The van der Waals surface area contributed by atoms with E-state index in [-0.39, 0.29) is 5.82 Å². The van der Waals surface area contributed by atoms with Gasteiger partial charge in [0.2, 0.25) is 0 Å². The van der Waals surface area contributed by atoms with Gasteiger partial charge in [-0.2, -0.15) is 0 Å². The van der Waals surface area contributed by atoms with Crippen LogP contribution in [0, 0.1) is 12.7 Å². The van der Waals surface area contributed by atoms with E-state index in [2.05, 4.69) is 0 Å². The molecule has 54 valence electrons. The number of aryl methyl sites for hydroxylation is 1. The van der Waals surface area contributed by atoms with Gasteiger partial charge in [0.1, 0.15) is 5.82 Å². The topological polar surface area (TPSA) is 0 Å². The van der Waals surface area contributed by atoms with Crippen LogP contribution < -0.4 is 0 Å². The normalized spacial score (nSPS) is 9.90. The molecule has 0 amide bonds. The summed E-state index contributed by atoms with van der Waals surface area (Å²) in [6.07, 6.45) is 0. The smallest absolute Gasteiger partial charge is 0.127 e. The molecule has 0 spiro atoms. The van der Waals surface area contributed by atoms with E-state index in [1.807, 2.05) is 0 Å². The van der Waals surface area contributed by atoms with Gasteiger partial charge in [-0.05, 0) is 46.3 Å². The molecule has 1 aromatic carbocycles. The number of benzene rings is 1. The lowest BCUT2D eigenvalue weighted by Gasteiger charge is -1.96. The van der Waals surface area contributed by atoms with E-state index in [1.54, 1.807) is 19.1 Å². The second-order valence-electron chi connectivity index (χ2n) is 1.99. The van der Waals surface area contributed by atoms with Crippen LogP contribution in [0.2, 0.25) is 0 Å². The van der Waals surface area contributed by atoms with Crippen molar-refractivity contribution in [3.05, 3.63) is 29.6 Å². The summed E-state index contributed by atoms with van der Waals surface area (Å²) in [6, 6.07) is 4.92. The van der Waals surface area contributed by atoms with Gasteiger partial charge < -0.3 is 0 Å². The van der Waals surface area contributed by atoms with Crippen molar-refractivity contribution in [1.29, 1.82) is 0 Å². The van der Waals surface area contributed by atoms with Crippen LogP contribution in [-0.4, -0.2) is 0 Å². The molecule has 1 rings (SSSR count). The van der Waals surface area contributed by atoms with Gasteiger partial charge in [0.15, 0.2) is 0 Å². The van der Waals surface area contributed by atoms with Crippen molar-refractivity contribution in [3.8, 4) is 0 Å². The Bertz CT molecular complexity index is 237. The molecule has 0 radical (unpaired) electrons. The molecule has 0 fully saturated rings. The zero-order valence-corrected chi connectivity index (χ0v) is 6.97. The predicted molar refractivity (Wildman–Crippen MR) is 42.8 cm³/mol. The van der Waals surface area contributed by atoms with Gasteiger partial charge in [-0.1, -0.05) is 6.07 Å². The van der Waals surface area contributed by atoms with Crippen molar-refractivity contribution in [2.45, 2.75) is 11.8 Å². The lowest BCUT2D eigenvalue weighted by Crippen LogP contribution is -1.80.